The summed E-state index contributed by atoms with van der Waals surface area (Å²) < 4.78 is 5.68. The van der Waals surface area contributed by atoms with Gasteiger partial charge in [-0.1, -0.05) is 0 Å². The van der Waals surface area contributed by atoms with Crippen LogP contribution in [0.3, 0.4) is 0 Å². The van der Waals surface area contributed by atoms with Crippen LogP contribution in [0.25, 0.3) is 0 Å². The van der Waals surface area contributed by atoms with Crippen molar-refractivity contribution >= 4 is 12.1 Å². The standard InChI is InChI=1S/C12H12N2O2/c13-11(15)8-1-2-9-6-14-12(3-4-12)7-16-10(9)5-8/h1-2,5-6H,3-4,7H2,(H2,13,15). The molecule has 2 N–H and O–H groups in total. The first kappa shape index (κ1) is 9.39. The summed E-state index contributed by atoms with van der Waals surface area (Å²) in [7, 11) is 0. The highest BCUT2D eigenvalue weighted by Gasteiger charge is 2.44. The van der Waals surface area contributed by atoms with Gasteiger partial charge >= 0.3 is 0 Å². The van der Waals surface area contributed by atoms with Crippen molar-refractivity contribution in [2.24, 2.45) is 10.7 Å². The van der Waals surface area contributed by atoms with E-state index in [1.165, 1.54) is 0 Å². The smallest absolute Gasteiger partial charge is 0.248 e. The molecule has 1 aliphatic carbocycles. The van der Waals surface area contributed by atoms with Crippen LogP contribution in [0.15, 0.2) is 23.2 Å². The molecular weight excluding hydrogens is 204 g/mol. The van der Waals surface area contributed by atoms with E-state index in [4.69, 9.17) is 10.5 Å². The number of carbonyl (C=O) groups is 1. The molecule has 1 amide bonds. The summed E-state index contributed by atoms with van der Waals surface area (Å²) in [5.74, 6) is 0.262. The monoisotopic (exact) mass is 216 g/mol. The van der Waals surface area contributed by atoms with Gasteiger partial charge in [-0.25, -0.2) is 0 Å². The average Bonchev–Trinajstić information content (AvgIpc) is 3.07. The molecule has 3 rings (SSSR count). The van der Waals surface area contributed by atoms with Crippen LogP contribution in [0.1, 0.15) is 28.8 Å². The summed E-state index contributed by atoms with van der Waals surface area (Å²) in [6, 6.07) is 5.20. The minimum absolute atomic E-state index is 0.00586. The number of carbonyl (C=O) groups excluding carboxylic acids is 1. The molecule has 1 aromatic carbocycles. The van der Waals surface area contributed by atoms with Gasteiger partial charge in [-0.05, 0) is 31.0 Å². The molecular formula is C12H12N2O2. The number of amides is 1. The maximum atomic E-state index is 11.0. The Bertz CT molecular complexity index is 490. The molecule has 0 unspecified atom stereocenters. The second kappa shape index (κ2) is 3.07. The first-order chi connectivity index (χ1) is 7.69. The maximum Gasteiger partial charge on any atom is 0.248 e. The first-order valence-electron chi connectivity index (χ1n) is 5.30. The number of hydrogen-bond acceptors (Lipinski definition) is 3. The van der Waals surface area contributed by atoms with E-state index in [1.54, 1.807) is 12.1 Å². The molecule has 1 aliphatic heterocycles. The number of hydrogen-bond donors (Lipinski definition) is 1. The fourth-order valence-electron chi connectivity index (χ4n) is 1.79. The van der Waals surface area contributed by atoms with E-state index in [2.05, 4.69) is 4.99 Å². The minimum atomic E-state index is -0.436. The molecule has 4 heteroatoms. The Morgan fingerprint density at radius 3 is 2.94 bits per heavy atom. The van der Waals surface area contributed by atoms with E-state index in [-0.39, 0.29) is 5.54 Å². The van der Waals surface area contributed by atoms with Crippen molar-refractivity contribution in [1.82, 2.24) is 0 Å². The second-order valence-electron chi connectivity index (χ2n) is 4.39. The summed E-state index contributed by atoms with van der Waals surface area (Å²) in [5.41, 5.74) is 6.61. The maximum absolute atomic E-state index is 11.0. The van der Waals surface area contributed by atoms with Crippen LogP contribution in [0.2, 0.25) is 0 Å². The largest absolute Gasteiger partial charge is 0.490 e. The Morgan fingerprint density at radius 2 is 2.25 bits per heavy atom. The fourth-order valence-corrected chi connectivity index (χ4v) is 1.79. The highest BCUT2D eigenvalue weighted by molar-refractivity contribution is 5.95. The van der Waals surface area contributed by atoms with E-state index in [0.717, 1.165) is 18.4 Å². The number of benzene rings is 1. The lowest BCUT2D eigenvalue weighted by molar-refractivity contribution is 0.1000. The molecule has 2 aliphatic rings. The van der Waals surface area contributed by atoms with Crippen molar-refractivity contribution in [2.75, 3.05) is 6.61 Å². The summed E-state index contributed by atoms with van der Waals surface area (Å²) in [6.45, 7) is 0.596. The Morgan fingerprint density at radius 1 is 1.44 bits per heavy atom. The molecule has 1 saturated carbocycles. The Balaban J connectivity index is 1.99. The van der Waals surface area contributed by atoms with Gasteiger partial charge in [-0.3, -0.25) is 9.79 Å². The van der Waals surface area contributed by atoms with E-state index >= 15 is 0 Å². The van der Waals surface area contributed by atoms with E-state index in [1.807, 2.05) is 12.3 Å². The summed E-state index contributed by atoms with van der Waals surface area (Å²) >= 11 is 0. The molecule has 1 fully saturated rings. The number of rotatable bonds is 1. The number of nitrogens with two attached hydrogens (primary N) is 1. The van der Waals surface area contributed by atoms with Crippen molar-refractivity contribution in [1.29, 1.82) is 0 Å². The lowest BCUT2D eigenvalue weighted by Gasteiger charge is -2.09. The van der Waals surface area contributed by atoms with Crippen LogP contribution < -0.4 is 10.5 Å². The lowest BCUT2D eigenvalue weighted by atomic mass is 10.1. The van der Waals surface area contributed by atoms with Crippen molar-refractivity contribution < 1.29 is 9.53 Å². The molecule has 0 radical (unpaired) electrons. The predicted molar refractivity (Wildman–Crippen MR) is 60.0 cm³/mol. The van der Waals surface area contributed by atoms with E-state index in [9.17, 15) is 4.79 Å². The number of fused-ring (bicyclic) bond motifs is 1. The number of primary amides is 1. The topological polar surface area (TPSA) is 64.7 Å². The van der Waals surface area contributed by atoms with Crippen LogP contribution in [-0.4, -0.2) is 24.3 Å². The van der Waals surface area contributed by atoms with Crippen LogP contribution in [0.4, 0.5) is 0 Å². The summed E-state index contributed by atoms with van der Waals surface area (Å²) in [4.78, 5) is 15.6. The summed E-state index contributed by atoms with van der Waals surface area (Å²) in [6.07, 6.45) is 4.00. The van der Waals surface area contributed by atoms with Crippen LogP contribution in [0.5, 0.6) is 5.75 Å². The van der Waals surface area contributed by atoms with E-state index < -0.39 is 5.91 Å². The van der Waals surface area contributed by atoms with Crippen LogP contribution in [-0.2, 0) is 0 Å². The highest BCUT2D eigenvalue weighted by Crippen LogP contribution is 2.41. The zero-order valence-corrected chi connectivity index (χ0v) is 8.77. The molecule has 82 valence electrons. The van der Waals surface area contributed by atoms with E-state index in [0.29, 0.717) is 17.9 Å². The quantitative estimate of drug-likeness (QED) is 0.764. The van der Waals surface area contributed by atoms with Gasteiger partial charge in [0.1, 0.15) is 12.4 Å². The lowest BCUT2D eigenvalue weighted by Crippen LogP contribution is -2.16. The predicted octanol–water partition coefficient (Wildman–Crippen LogP) is 1.13. The molecule has 0 bridgehead atoms. The Labute approximate surface area is 93.1 Å². The third-order valence-electron chi connectivity index (χ3n) is 3.10. The molecule has 1 heterocycles. The molecule has 16 heavy (non-hydrogen) atoms. The van der Waals surface area contributed by atoms with Gasteiger partial charge in [0.2, 0.25) is 5.91 Å². The van der Waals surface area contributed by atoms with Gasteiger partial charge in [0, 0.05) is 17.3 Å². The molecule has 4 nitrogen and oxygen atoms in total. The number of aliphatic imine (C=N–C) groups is 1. The molecule has 0 aromatic heterocycles. The van der Waals surface area contributed by atoms with Gasteiger partial charge in [-0.2, -0.15) is 0 Å². The second-order valence-corrected chi connectivity index (χ2v) is 4.39. The van der Waals surface area contributed by atoms with Crippen molar-refractivity contribution in [3.05, 3.63) is 29.3 Å². The van der Waals surface area contributed by atoms with Crippen LogP contribution in [0, 0.1) is 0 Å². The van der Waals surface area contributed by atoms with Crippen molar-refractivity contribution in [3.8, 4) is 5.75 Å². The molecule has 1 spiro atoms. The SMILES string of the molecule is NC(=O)c1ccc2c(c1)OCC1(CC1)N=C2. The molecule has 0 atom stereocenters. The Kier molecular flexibility index (Phi) is 1.80. The number of nitrogens with zero attached hydrogens (tertiary/aromatic N) is 1. The minimum Gasteiger partial charge on any atom is -0.490 e. The van der Waals surface area contributed by atoms with Gasteiger partial charge in [0.15, 0.2) is 0 Å². The number of ether oxygens (including phenoxy) is 1. The van der Waals surface area contributed by atoms with Crippen molar-refractivity contribution in [3.63, 3.8) is 0 Å². The zero-order valence-electron chi connectivity index (χ0n) is 8.77. The highest BCUT2D eigenvalue weighted by atomic mass is 16.5. The fraction of sp³-hybridized carbons (Fsp3) is 0.333. The zero-order chi connectivity index (χ0) is 11.2. The first-order valence-corrected chi connectivity index (χ1v) is 5.30. The Hall–Kier alpha value is -1.84. The van der Waals surface area contributed by atoms with Crippen molar-refractivity contribution in [2.45, 2.75) is 18.4 Å². The van der Waals surface area contributed by atoms with Gasteiger partial charge < -0.3 is 10.5 Å². The van der Waals surface area contributed by atoms with Gasteiger partial charge in [0.25, 0.3) is 0 Å². The van der Waals surface area contributed by atoms with Gasteiger partial charge in [-0.15, -0.1) is 0 Å². The summed E-state index contributed by atoms with van der Waals surface area (Å²) in [5, 5.41) is 0. The molecule has 0 saturated heterocycles. The average molecular weight is 216 g/mol. The van der Waals surface area contributed by atoms with Gasteiger partial charge in [0.05, 0.1) is 5.54 Å². The normalized spacial score (nSPS) is 19.8. The molecule has 1 aromatic rings. The third-order valence-corrected chi connectivity index (χ3v) is 3.10. The van der Waals surface area contributed by atoms with Crippen LogP contribution >= 0.6 is 0 Å². The third kappa shape index (κ3) is 1.46.